The van der Waals surface area contributed by atoms with Gasteiger partial charge in [-0.3, -0.25) is 4.79 Å². The van der Waals surface area contributed by atoms with Crippen LogP contribution in [0, 0.1) is 0 Å². The molecule has 0 aliphatic carbocycles. The van der Waals surface area contributed by atoms with Crippen LogP contribution in [0.3, 0.4) is 0 Å². The highest BCUT2D eigenvalue weighted by atomic mass is 32.1. The lowest BCUT2D eigenvalue weighted by molar-refractivity contribution is 1.17. The van der Waals surface area contributed by atoms with Crippen LogP contribution in [0.2, 0.25) is 0 Å². The van der Waals surface area contributed by atoms with Crippen molar-refractivity contribution < 1.29 is 0 Å². The third kappa shape index (κ3) is 3.17. The molecule has 0 amide bonds. The Hall–Kier alpha value is -5.19. The molecule has 0 aliphatic rings. The Bertz CT molecular complexity index is 2510. The van der Waals surface area contributed by atoms with E-state index in [0.717, 1.165) is 42.6 Å². The first-order chi connectivity index (χ1) is 20.3. The van der Waals surface area contributed by atoms with Gasteiger partial charge in [0.15, 0.2) is 5.43 Å². The van der Waals surface area contributed by atoms with Gasteiger partial charge >= 0.3 is 0 Å². The summed E-state index contributed by atoms with van der Waals surface area (Å²) in [7, 11) is 0. The molecule has 0 bridgehead atoms. The van der Waals surface area contributed by atoms with Gasteiger partial charge < -0.3 is 9.13 Å². The summed E-state index contributed by atoms with van der Waals surface area (Å²) in [6, 6.07) is 46.7. The van der Waals surface area contributed by atoms with Crippen LogP contribution < -0.4 is 5.43 Å². The number of para-hydroxylation sites is 3. The van der Waals surface area contributed by atoms with Crippen LogP contribution in [-0.2, 0) is 0 Å². The molecule has 9 aromatic rings. The topological polar surface area (TPSA) is 26.9 Å². The molecule has 192 valence electrons. The average molecular weight is 543 g/mol. The largest absolute Gasteiger partial charge is 0.309 e. The molecule has 0 fully saturated rings. The van der Waals surface area contributed by atoms with Gasteiger partial charge in [0, 0.05) is 53.1 Å². The molecule has 0 radical (unpaired) electrons. The molecule has 0 aliphatic heterocycles. The smallest absolute Gasteiger partial charge is 0.195 e. The first-order valence-electron chi connectivity index (χ1n) is 13.7. The molecule has 9 rings (SSSR count). The van der Waals surface area contributed by atoms with Gasteiger partial charge in [-0.25, -0.2) is 0 Å². The van der Waals surface area contributed by atoms with Crippen LogP contribution in [0.25, 0.3) is 75.2 Å². The Kier molecular flexibility index (Phi) is 4.63. The van der Waals surface area contributed by atoms with Gasteiger partial charge in [-0.1, -0.05) is 66.7 Å². The molecule has 3 heterocycles. The predicted molar refractivity (Wildman–Crippen MR) is 174 cm³/mol. The summed E-state index contributed by atoms with van der Waals surface area (Å²) in [4.78, 5) is 13.5. The van der Waals surface area contributed by atoms with Crippen molar-refractivity contribution >= 4 is 75.1 Å². The zero-order valence-corrected chi connectivity index (χ0v) is 22.7. The SMILES string of the molecule is O=c1c2ccccc2sc2ccc(-n3c4ccccc4c4cc(-n5c6ccccc6c6ccccc65)ccc43)cc12. The lowest BCUT2D eigenvalue weighted by Crippen LogP contribution is -2.02. The fraction of sp³-hybridized carbons (Fsp3) is 0. The fourth-order valence-electron chi connectivity index (χ4n) is 6.51. The minimum absolute atomic E-state index is 0.0885. The first kappa shape index (κ1) is 22.6. The van der Waals surface area contributed by atoms with Gasteiger partial charge in [-0.15, -0.1) is 11.3 Å². The fourth-order valence-corrected chi connectivity index (χ4v) is 7.56. The number of nitrogens with zero attached hydrogens (tertiary/aromatic N) is 2. The van der Waals surface area contributed by atoms with Crippen LogP contribution in [0.1, 0.15) is 0 Å². The van der Waals surface area contributed by atoms with Gasteiger partial charge in [-0.2, -0.15) is 0 Å². The van der Waals surface area contributed by atoms with Crippen LogP contribution in [0.5, 0.6) is 0 Å². The molecule has 41 heavy (non-hydrogen) atoms. The van der Waals surface area contributed by atoms with E-state index in [4.69, 9.17) is 0 Å². The Balaban J connectivity index is 1.33. The molecule has 3 nitrogen and oxygen atoms in total. The van der Waals surface area contributed by atoms with Gasteiger partial charge in [0.05, 0.1) is 22.1 Å². The van der Waals surface area contributed by atoms with E-state index in [0.29, 0.717) is 0 Å². The Labute approximate surface area is 238 Å². The lowest BCUT2D eigenvalue weighted by atomic mass is 10.1. The molecule has 0 N–H and O–H groups in total. The van der Waals surface area contributed by atoms with E-state index < -0.39 is 0 Å². The minimum Gasteiger partial charge on any atom is -0.309 e. The maximum atomic E-state index is 13.5. The van der Waals surface area contributed by atoms with Crippen molar-refractivity contribution in [2.45, 2.75) is 0 Å². The van der Waals surface area contributed by atoms with E-state index in [1.807, 2.05) is 24.3 Å². The molecule has 3 aromatic heterocycles. The molecule has 6 aromatic carbocycles. The molecule has 4 heteroatoms. The van der Waals surface area contributed by atoms with Crippen molar-refractivity contribution in [3.05, 3.63) is 144 Å². The second-order valence-electron chi connectivity index (χ2n) is 10.5. The average Bonchev–Trinajstić information content (AvgIpc) is 3.54. The third-order valence-electron chi connectivity index (χ3n) is 8.31. The Morgan fingerprint density at radius 3 is 1.46 bits per heavy atom. The maximum absolute atomic E-state index is 13.5. The second kappa shape index (κ2) is 8.40. The first-order valence-corrected chi connectivity index (χ1v) is 14.6. The van der Waals surface area contributed by atoms with Crippen molar-refractivity contribution in [3.8, 4) is 11.4 Å². The van der Waals surface area contributed by atoms with E-state index in [1.54, 1.807) is 11.3 Å². The van der Waals surface area contributed by atoms with Gasteiger partial charge in [-0.05, 0) is 66.7 Å². The van der Waals surface area contributed by atoms with Crippen LogP contribution >= 0.6 is 11.3 Å². The summed E-state index contributed by atoms with van der Waals surface area (Å²) in [6.07, 6.45) is 0. The minimum atomic E-state index is 0.0885. The zero-order chi connectivity index (χ0) is 27.1. The van der Waals surface area contributed by atoms with Crippen LogP contribution in [0.15, 0.2) is 138 Å². The van der Waals surface area contributed by atoms with E-state index in [9.17, 15) is 4.79 Å². The quantitative estimate of drug-likeness (QED) is 0.200. The number of fused-ring (bicyclic) bond motifs is 8. The van der Waals surface area contributed by atoms with Crippen molar-refractivity contribution in [1.82, 2.24) is 9.13 Å². The zero-order valence-electron chi connectivity index (χ0n) is 21.9. The molecule has 0 unspecified atom stereocenters. The van der Waals surface area contributed by atoms with Crippen molar-refractivity contribution in [3.63, 3.8) is 0 Å². The molecule has 0 atom stereocenters. The molecular weight excluding hydrogens is 520 g/mol. The number of benzene rings is 6. The van der Waals surface area contributed by atoms with E-state index in [1.165, 1.54) is 32.6 Å². The summed E-state index contributed by atoms with van der Waals surface area (Å²) in [5.41, 5.74) is 6.85. The van der Waals surface area contributed by atoms with Crippen molar-refractivity contribution in [2.24, 2.45) is 0 Å². The third-order valence-corrected chi connectivity index (χ3v) is 9.46. The van der Waals surface area contributed by atoms with Gasteiger partial charge in [0.25, 0.3) is 0 Å². The standard InChI is InChI=1S/C37H22N2OS/c40-37-28-12-4-8-16-35(28)41-36-20-18-24(22-30(36)37)39-33-15-7-3-11-27(33)29-21-23(17-19-34(29)39)38-31-13-5-1-9-25(31)26-10-2-6-14-32(26)38/h1-22H. The summed E-state index contributed by atoms with van der Waals surface area (Å²) in [5, 5.41) is 6.42. The summed E-state index contributed by atoms with van der Waals surface area (Å²) >= 11 is 1.67. The number of hydrogen-bond donors (Lipinski definition) is 0. The highest BCUT2D eigenvalue weighted by Gasteiger charge is 2.17. The highest BCUT2D eigenvalue weighted by molar-refractivity contribution is 7.24. The van der Waals surface area contributed by atoms with Gasteiger partial charge in [0.2, 0.25) is 0 Å². The predicted octanol–water partition coefficient (Wildman–Crippen LogP) is 9.61. The van der Waals surface area contributed by atoms with E-state index in [-0.39, 0.29) is 5.43 Å². The Morgan fingerprint density at radius 2 is 0.829 bits per heavy atom. The number of aromatic nitrogens is 2. The molecular formula is C37H22N2OS. The normalized spacial score (nSPS) is 12.0. The van der Waals surface area contributed by atoms with Gasteiger partial charge in [0.1, 0.15) is 0 Å². The van der Waals surface area contributed by atoms with E-state index >= 15 is 0 Å². The Morgan fingerprint density at radius 1 is 0.390 bits per heavy atom. The monoisotopic (exact) mass is 542 g/mol. The summed E-state index contributed by atoms with van der Waals surface area (Å²) < 4.78 is 6.68. The molecule has 0 saturated carbocycles. The van der Waals surface area contributed by atoms with Crippen molar-refractivity contribution in [2.75, 3.05) is 0 Å². The van der Waals surface area contributed by atoms with Crippen LogP contribution in [-0.4, -0.2) is 9.13 Å². The number of hydrogen-bond acceptors (Lipinski definition) is 2. The molecule has 0 saturated heterocycles. The molecule has 0 spiro atoms. The second-order valence-corrected chi connectivity index (χ2v) is 11.6. The maximum Gasteiger partial charge on any atom is 0.195 e. The summed E-state index contributed by atoms with van der Waals surface area (Å²) in [5.74, 6) is 0. The number of rotatable bonds is 2. The van der Waals surface area contributed by atoms with Crippen molar-refractivity contribution in [1.29, 1.82) is 0 Å². The van der Waals surface area contributed by atoms with Crippen LogP contribution in [0.4, 0.5) is 0 Å². The summed E-state index contributed by atoms with van der Waals surface area (Å²) in [6.45, 7) is 0. The van der Waals surface area contributed by atoms with E-state index in [2.05, 4.69) is 118 Å². The lowest BCUT2D eigenvalue weighted by Gasteiger charge is -2.11. The highest BCUT2D eigenvalue weighted by Crippen LogP contribution is 2.37.